The molecule has 0 aliphatic carbocycles. The summed E-state index contributed by atoms with van der Waals surface area (Å²) in [5, 5.41) is 8.91. The zero-order valence-electron chi connectivity index (χ0n) is 8.38. The van der Waals surface area contributed by atoms with Crippen molar-refractivity contribution >= 4 is 17.7 Å². The van der Waals surface area contributed by atoms with Gasteiger partial charge in [0.15, 0.2) is 0 Å². The van der Waals surface area contributed by atoms with Crippen molar-refractivity contribution < 1.29 is 9.90 Å². The fourth-order valence-electron chi connectivity index (χ4n) is 0.982. The lowest BCUT2D eigenvalue weighted by molar-refractivity contribution is -0.145. The molecule has 0 heterocycles. The molecule has 0 aliphatic rings. The monoisotopic (exact) mass is 202 g/mol. The number of carboxylic acid groups (broad SMARTS) is 1. The second-order valence-electron chi connectivity index (χ2n) is 3.23. The van der Waals surface area contributed by atoms with Crippen molar-refractivity contribution in [2.24, 2.45) is 5.41 Å². The number of rotatable bonds is 7. The Morgan fingerprint density at radius 2 is 2.31 bits per heavy atom. The van der Waals surface area contributed by atoms with Crippen molar-refractivity contribution in [1.82, 2.24) is 0 Å². The van der Waals surface area contributed by atoms with E-state index in [1.807, 2.05) is 11.8 Å². The minimum absolute atomic E-state index is 0.679. The molecule has 1 atom stereocenters. The first-order chi connectivity index (χ1) is 6.06. The topological polar surface area (TPSA) is 37.3 Å². The average Bonchev–Trinajstić information content (AvgIpc) is 2.12. The summed E-state index contributed by atoms with van der Waals surface area (Å²) < 4.78 is 0. The molecule has 0 amide bonds. The van der Waals surface area contributed by atoms with Crippen LogP contribution in [0.5, 0.6) is 0 Å². The Labute approximate surface area is 84.4 Å². The maximum Gasteiger partial charge on any atom is 0.313 e. The number of aliphatic carboxylic acids is 1. The highest BCUT2D eigenvalue weighted by Crippen LogP contribution is 2.25. The van der Waals surface area contributed by atoms with Crippen molar-refractivity contribution in [2.45, 2.75) is 26.7 Å². The Balaban J connectivity index is 3.85. The van der Waals surface area contributed by atoms with Gasteiger partial charge in [-0.2, -0.15) is 11.8 Å². The van der Waals surface area contributed by atoms with Gasteiger partial charge in [0.05, 0.1) is 5.41 Å². The first-order valence-corrected chi connectivity index (χ1v) is 5.67. The highest BCUT2D eigenvalue weighted by atomic mass is 32.2. The Morgan fingerprint density at radius 3 is 2.69 bits per heavy atom. The number of hydrogen-bond acceptors (Lipinski definition) is 2. The van der Waals surface area contributed by atoms with E-state index in [0.717, 1.165) is 17.9 Å². The third kappa shape index (κ3) is 4.36. The van der Waals surface area contributed by atoms with Gasteiger partial charge >= 0.3 is 5.97 Å². The summed E-state index contributed by atoms with van der Waals surface area (Å²) in [5.41, 5.74) is -0.742. The van der Waals surface area contributed by atoms with E-state index in [1.165, 1.54) is 6.08 Å². The van der Waals surface area contributed by atoms with Gasteiger partial charge in [-0.1, -0.05) is 13.0 Å². The summed E-state index contributed by atoms with van der Waals surface area (Å²) in [6.07, 6.45) is 3.15. The van der Waals surface area contributed by atoms with Crippen molar-refractivity contribution in [3.8, 4) is 0 Å². The van der Waals surface area contributed by atoms with Crippen LogP contribution in [0, 0.1) is 5.41 Å². The van der Waals surface area contributed by atoms with Crippen LogP contribution in [-0.4, -0.2) is 22.6 Å². The zero-order chi connectivity index (χ0) is 10.3. The van der Waals surface area contributed by atoms with Gasteiger partial charge in [-0.15, -0.1) is 6.58 Å². The first kappa shape index (κ1) is 12.6. The summed E-state index contributed by atoms with van der Waals surface area (Å²) in [6, 6.07) is 0. The smallest absolute Gasteiger partial charge is 0.313 e. The molecule has 0 saturated heterocycles. The van der Waals surface area contributed by atoms with E-state index in [9.17, 15) is 4.79 Å². The third-order valence-corrected chi connectivity index (χ3v) is 3.11. The summed E-state index contributed by atoms with van der Waals surface area (Å²) >= 11 is 1.84. The molecule has 0 aromatic carbocycles. The molecule has 0 fully saturated rings. The van der Waals surface area contributed by atoms with E-state index in [1.54, 1.807) is 6.92 Å². The quantitative estimate of drug-likeness (QED) is 0.509. The Kier molecular flexibility index (Phi) is 5.88. The van der Waals surface area contributed by atoms with E-state index < -0.39 is 11.4 Å². The van der Waals surface area contributed by atoms with Crippen LogP contribution in [0.25, 0.3) is 0 Å². The fraction of sp³-hybridized carbons (Fsp3) is 0.700. The molecule has 3 heteroatoms. The molecule has 0 radical (unpaired) electrons. The van der Waals surface area contributed by atoms with Gasteiger partial charge < -0.3 is 5.11 Å². The molecule has 1 N–H and O–H groups in total. The average molecular weight is 202 g/mol. The number of hydrogen-bond donors (Lipinski definition) is 1. The van der Waals surface area contributed by atoms with Crippen molar-refractivity contribution in [3.63, 3.8) is 0 Å². The predicted molar refractivity (Wildman–Crippen MR) is 58.2 cm³/mol. The highest BCUT2D eigenvalue weighted by molar-refractivity contribution is 7.99. The van der Waals surface area contributed by atoms with E-state index in [0.29, 0.717) is 6.42 Å². The molecule has 2 nitrogen and oxygen atoms in total. The highest BCUT2D eigenvalue weighted by Gasteiger charge is 2.28. The minimum atomic E-state index is -0.774. The van der Waals surface area contributed by atoms with Crippen LogP contribution in [-0.2, 0) is 4.79 Å². The van der Waals surface area contributed by atoms with Crippen LogP contribution >= 0.6 is 11.8 Å². The van der Waals surface area contributed by atoms with Crippen LogP contribution in [0.1, 0.15) is 26.7 Å². The molecule has 0 aliphatic heterocycles. The van der Waals surface area contributed by atoms with Crippen LogP contribution < -0.4 is 0 Å². The van der Waals surface area contributed by atoms with Gasteiger partial charge in [0, 0.05) is 0 Å². The number of thioether (sulfide) groups is 1. The molecular formula is C10H18O2S. The molecule has 0 rings (SSSR count). The summed E-state index contributed by atoms with van der Waals surface area (Å²) in [6.45, 7) is 7.39. The molecule has 0 aromatic heterocycles. The lowest BCUT2D eigenvalue weighted by Crippen LogP contribution is -2.24. The predicted octanol–water partition coefficient (Wildman–Crippen LogP) is 2.80. The van der Waals surface area contributed by atoms with Gasteiger partial charge in [0.1, 0.15) is 0 Å². The van der Waals surface area contributed by atoms with Crippen molar-refractivity contribution in [1.29, 1.82) is 0 Å². The van der Waals surface area contributed by atoms with Gasteiger partial charge in [-0.25, -0.2) is 0 Å². The van der Waals surface area contributed by atoms with Crippen molar-refractivity contribution in [2.75, 3.05) is 11.5 Å². The molecule has 0 spiro atoms. The molecule has 76 valence electrons. The minimum Gasteiger partial charge on any atom is -0.481 e. The second kappa shape index (κ2) is 6.08. The fourth-order valence-corrected chi connectivity index (χ4v) is 1.62. The summed E-state index contributed by atoms with van der Waals surface area (Å²) in [5.74, 6) is 1.36. The summed E-state index contributed by atoms with van der Waals surface area (Å²) in [7, 11) is 0. The molecule has 0 bridgehead atoms. The molecule has 0 aromatic rings. The van der Waals surface area contributed by atoms with E-state index in [-0.39, 0.29) is 0 Å². The maximum absolute atomic E-state index is 10.8. The normalized spacial score (nSPS) is 14.9. The molecular weight excluding hydrogens is 184 g/mol. The van der Waals surface area contributed by atoms with E-state index in [4.69, 9.17) is 5.11 Å². The standard InChI is InChI=1S/C10H18O2S/c1-4-10(3,9(11)12)7-6-8-13-5-2/h4H,1,5-8H2,2-3H3,(H,11,12). The lowest BCUT2D eigenvalue weighted by atomic mass is 9.86. The van der Waals surface area contributed by atoms with Crippen LogP contribution in [0.15, 0.2) is 12.7 Å². The molecule has 13 heavy (non-hydrogen) atoms. The summed E-state index contributed by atoms with van der Waals surface area (Å²) in [4.78, 5) is 10.8. The number of carbonyl (C=O) groups is 1. The van der Waals surface area contributed by atoms with E-state index >= 15 is 0 Å². The van der Waals surface area contributed by atoms with Gasteiger partial charge in [0.2, 0.25) is 0 Å². The van der Waals surface area contributed by atoms with Gasteiger partial charge in [-0.05, 0) is 31.3 Å². The number of carboxylic acids is 1. The maximum atomic E-state index is 10.8. The lowest BCUT2D eigenvalue weighted by Gasteiger charge is -2.19. The van der Waals surface area contributed by atoms with Gasteiger partial charge in [-0.3, -0.25) is 4.79 Å². The van der Waals surface area contributed by atoms with Gasteiger partial charge in [0.25, 0.3) is 0 Å². The Hall–Kier alpha value is -0.440. The Bertz CT molecular complexity index is 180. The SMILES string of the molecule is C=CC(C)(CCCSCC)C(=O)O. The van der Waals surface area contributed by atoms with Crippen LogP contribution in [0.2, 0.25) is 0 Å². The van der Waals surface area contributed by atoms with Crippen LogP contribution in [0.3, 0.4) is 0 Å². The van der Waals surface area contributed by atoms with E-state index in [2.05, 4.69) is 13.5 Å². The molecule has 0 saturated carbocycles. The largest absolute Gasteiger partial charge is 0.481 e. The van der Waals surface area contributed by atoms with Crippen LogP contribution in [0.4, 0.5) is 0 Å². The first-order valence-electron chi connectivity index (χ1n) is 4.51. The second-order valence-corrected chi connectivity index (χ2v) is 4.62. The third-order valence-electron chi connectivity index (χ3n) is 2.13. The Morgan fingerprint density at radius 1 is 1.69 bits per heavy atom. The molecule has 1 unspecified atom stereocenters. The zero-order valence-corrected chi connectivity index (χ0v) is 9.19. The van der Waals surface area contributed by atoms with Crippen molar-refractivity contribution in [3.05, 3.63) is 12.7 Å².